The Hall–Kier alpha value is -2.19. The number of aryl methyl sites for hydroxylation is 1. The molecule has 1 atom stereocenters. The first-order valence-corrected chi connectivity index (χ1v) is 11.4. The Kier molecular flexibility index (Phi) is 6.20. The molecule has 1 unspecified atom stereocenters. The SMILES string of the molecule is Cc1cnn(-c2ccc(C(=O)N(CCCN(C)C)C3CCS(=O)(=O)C3)cc2)c1. The van der Waals surface area contributed by atoms with Crippen LogP contribution in [-0.2, 0) is 9.84 Å². The highest BCUT2D eigenvalue weighted by Gasteiger charge is 2.34. The molecule has 0 spiro atoms. The Balaban J connectivity index is 1.77. The molecule has 1 aliphatic rings. The third-order valence-corrected chi connectivity index (χ3v) is 6.76. The summed E-state index contributed by atoms with van der Waals surface area (Å²) in [5.74, 6) is 0.113. The molecule has 8 heteroatoms. The molecule has 0 saturated carbocycles. The van der Waals surface area contributed by atoms with E-state index in [9.17, 15) is 13.2 Å². The van der Waals surface area contributed by atoms with Crippen molar-refractivity contribution < 1.29 is 13.2 Å². The number of carbonyl (C=O) groups excluding carboxylic acids is 1. The second-order valence-corrected chi connectivity index (χ2v) is 9.95. The summed E-state index contributed by atoms with van der Waals surface area (Å²) in [6.45, 7) is 3.38. The van der Waals surface area contributed by atoms with Crippen molar-refractivity contribution in [3.05, 3.63) is 47.8 Å². The lowest BCUT2D eigenvalue weighted by Gasteiger charge is -2.29. The second kappa shape index (κ2) is 8.45. The van der Waals surface area contributed by atoms with Gasteiger partial charge in [-0.3, -0.25) is 4.79 Å². The van der Waals surface area contributed by atoms with E-state index in [1.165, 1.54) is 0 Å². The quantitative estimate of drug-likeness (QED) is 0.703. The van der Waals surface area contributed by atoms with E-state index < -0.39 is 9.84 Å². The standard InChI is InChI=1S/C20H28N4O3S/c1-16-13-21-24(14-16)18-7-5-17(6-8-18)20(25)23(11-4-10-22(2)3)19-9-12-28(26,27)15-19/h5-8,13-14,19H,4,9-12,15H2,1-3H3. The van der Waals surface area contributed by atoms with Crippen molar-refractivity contribution in [2.75, 3.05) is 38.7 Å². The molecule has 0 N–H and O–H groups in total. The molecule has 1 fully saturated rings. The molecule has 0 aliphatic carbocycles. The van der Waals surface area contributed by atoms with Gasteiger partial charge in [0.15, 0.2) is 9.84 Å². The molecule has 1 aromatic carbocycles. The number of rotatable bonds is 7. The van der Waals surface area contributed by atoms with Crippen molar-refractivity contribution in [1.82, 2.24) is 19.6 Å². The van der Waals surface area contributed by atoms with Gasteiger partial charge in [-0.1, -0.05) is 0 Å². The van der Waals surface area contributed by atoms with Crippen LogP contribution in [0, 0.1) is 6.92 Å². The average Bonchev–Trinajstić information content (AvgIpc) is 3.23. The molecule has 28 heavy (non-hydrogen) atoms. The van der Waals surface area contributed by atoms with Crippen LogP contribution >= 0.6 is 0 Å². The molecule has 0 radical (unpaired) electrons. The summed E-state index contributed by atoms with van der Waals surface area (Å²) in [5, 5.41) is 4.28. The van der Waals surface area contributed by atoms with Crippen molar-refractivity contribution in [2.45, 2.75) is 25.8 Å². The molecule has 1 aliphatic heterocycles. The molecule has 2 aromatic rings. The van der Waals surface area contributed by atoms with E-state index in [0.717, 1.165) is 24.2 Å². The Labute approximate surface area is 166 Å². The number of hydrogen-bond acceptors (Lipinski definition) is 5. The van der Waals surface area contributed by atoms with Gasteiger partial charge in [-0.15, -0.1) is 0 Å². The lowest BCUT2D eigenvalue weighted by Crippen LogP contribution is -2.42. The largest absolute Gasteiger partial charge is 0.335 e. The maximum absolute atomic E-state index is 13.2. The fraction of sp³-hybridized carbons (Fsp3) is 0.500. The Morgan fingerprint density at radius 3 is 2.46 bits per heavy atom. The van der Waals surface area contributed by atoms with Crippen LogP contribution in [0.15, 0.2) is 36.7 Å². The highest BCUT2D eigenvalue weighted by Crippen LogP contribution is 2.21. The molecule has 152 valence electrons. The van der Waals surface area contributed by atoms with Crippen molar-refractivity contribution in [1.29, 1.82) is 0 Å². The van der Waals surface area contributed by atoms with Gasteiger partial charge in [0.1, 0.15) is 0 Å². The van der Waals surface area contributed by atoms with Crippen molar-refractivity contribution in [3.8, 4) is 5.69 Å². The topological polar surface area (TPSA) is 75.5 Å². The maximum Gasteiger partial charge on any atom is 0.254 e. The summed E-state index contributed by atoms with van der Waals surface area (Å²) in [6.07, 6.45) is 5.03. The number of carbonyl (C=O) groups is 1. The number of nitrogens with zero attached hydrogens (tertiary/aromatic N) is 4. The first kappa shape index (κ1) is 20.5. The molecule has 1 aromatic heterocycles. The van der Waals surface area contributed by atoms with Gasteiger partial charge in [0, 0.05) is 24.3 Å². The molecule has 7 nitrogen and oxygen atoms in total. The van der Waals surface area contributed by atoms with Gasteiger partial charge in [-0.2, -0.15) is 5.10 Å². The summed E-state index contributed by atoms with van der Waals surface area (Å²) < 4.78 is 25.6. The molecule has 3 rings (SSSR count). The Bertz CT molecular complexity index is 919. The fourth-order valence-corrected chi connectivity index (χ4v) is 5.24. The van der Waals surface area contributed by atoms with Gasteiger partial charge in [-0.25, -0.2) is 13.1 Å². The van der Waals surface area contributed by atoms with Crippen LogP contribution in [0.25, 0.3) is 5.69 Å². The van der Waals surface area contributed by atoms with Gasteiger partial charge in [0.2, 0.25) is 0 Å². The average molecular weight is 405 g/mol. The van der Waals surface area contributed by atoms with Crippen LogP contribution in [0.2, 0.25) is 0 Å². The van der Waals surface area contributed by atoms with E-state index in [0.29, 0.717) is 18.5 Å². The van der Waals surface area contributed by atoms with E-state index in [1.807, 2.05) is 39.3 Å². The zero-order valence-electron chi connectivity index (χ0n) is 16.7. The first-order valence-electron chi connectivity index (χ1n) is 9.53. The molecular weight excluding hydrogens is 376 g/mol. The van der Waals surface area contributed by atoms with Crippen LogP contribution in [0.5, 0.6) is 0 Å². The van der Waals surface area contributed by atoms with Crippen molar-refractivity contribution in [2.24, 2.45) is 0 Å². The lowest BCUT2D eigenvalue weighted by atomic mass is 10.1. The summed E-state index contributed by atoms with van der Waals surface area (Å²) >= 11 is 0. The number of benzene rings is 1. The molecular formula is C20H28N4O3S. The Morgan fingerprint density at radius 1 is 1.21 bits per heavy atom. The summed E-state index contributed by atoms with van der Waals surface area (Å²) in [6, 6.07) is 7.06. The molecule has 0 bridgehead atoms. The Morgan fingerprint density at radius 2 is 1.93 bits per heavy atom. The van der Waals surface area contributed by atoms with E-state index in [2.05, 4.69) is 10.00 Å². The minimum Gasteiger partial charge on any atom is -0.335 e. The summed E-state index contributed by atoms with van der Waals surface area (Å²) in [4.78, 5) is 17.0. The third-order valence-electron chi connectivity index (χ3n) is 5.00. The van der Waals surface area contributed by atoms with Crippen LogP contribution in [0.3, 0.4) is 0 Å². The highest BCUT2D eigenvalue weighted by molar-refractivity contribution is 7.91. The van der Waals surface area contributed by atoms with Crippen LogP contribution in [0.4, 0.5) is 0 Å². The van der Waals surface area contributed by atoms with Gasteiger partial charge < -0.3 is 9.80 Å². The lowest BCUT2D eigenvalue weighted by molar-refractivity contribution is 0.0690. The number of sulfone groups is 1. The van der Waals surface area contributed by atoms with Crippen LogP contribution in [-0.4, -0.2) is 78.6 Å². The minimum absolute atomic E-state index is 0.0609. The first-order chi connectivity index (χ1) is 13.2. The van der Waals surface area contributed by atoms with Gasteiger partial charge in [0.25, 0.3) is 5.91 Å². The van der Waals surface area contributed by atoms with E-state index >= 15 is 0 Å². The van der Waals surface area contributed by atoms with E-state index in [4.69, 9.17) is 0 Å². The number of amides is 1. The smallest absolute Gasteiger partial charge is 0.254 e. The van der Waals surface area contributed by atoms with Crippen molar-refractivity contribution >= 4 is 15.7 Å². The number of hydrogen-bond donors (Lipinski definition) is 0. The predicted octanol–water partition coefficient (Wildman–Crippen LogP) is 1.76. The summed E-state index contributed by atoms with van der Waals surface area (Å²) in [7, 11) is 0.922. The molecule has 2 heterocycles. The van der Waals surface area contributed by atoms with Crippen LogP contribution < -0.4 is 0 Å². The van der Waals surface area contributed by atoms with E-state index in [1.54, 1.807) is 27.9 Å². The molecule has 1 amide bonds. The summed E-state index contributed by atoms with van der Waals surface area (Å²) in [5.41, 5.74) is 2.52. The van der Waals surface area contributed by atoms with Gasteiger partial charge >= 0.3 is 0 Å². The number of aromatic nitrogens is 2. The minimum atomic E-state index is -3.05. The second-order valence-electron chi connectivity index (χ2n) is 7.72. The monoisotopic (exact) mass is 404 g/mol. The maximum atomic E-state index is 13.2. The molecule has 1 saturated heterocycles. The zero-order valence-corrected chi connectivity index (χ0v) is 17.5. The van der Waals surface area contributed by atoms with Gasteiger partial charge in [0.05, 0.1) is 23.4 Å². The predicted molar refractivity (Wildman–Crippen MR) is 110 cm³/mol. The van der Waals surface area contributed by atoms with Crippen molar-refractivity contribution in [3.63, 3.8) is 0 Å². The zero-order chi connectivity index (χ0) is 20.3. The van der Waals surface area contributed by atoms with Gasteiger partial charge in [-0.05, 0) is 70.2 Å². The normalized spacial score (nSPS) is 18.5. The van der Waals surface area contributed by atoms with Crippen LogP contribution in [0.1, 0.15) is 28.8 Å². The highest BCUT2D eigenvalue weighted by atomic mass is 32.2. The van der Waals surface area contributed by atoms with E-state index in [-0.39, 0.29) is 23.5 Å². The third kappa shape index (κ3) is 4.99. The fourth-order valence-electron chi connectivity index (χ4n) is 3.51.